The van der Waals surface area contributed by atoms with Gasteiger partial charge in [-0.1, -0.05) is 17.7 Å². The van der Waals surface area contributed by atoms with E-state index < -0.39 is 7.14 Å². The second-order valence-electron chi connectivity index (χ2n) is 5.34. The van der Waals surface area contributed by atoms with Crippen LogP contribution in [-0.4, -0.2) is 28.3 Å². The maximum atomic E-state index is 12.8. The number of nitrogens with zero attached hydrogens (tertiary/aromatic N) is 3. The number of pyridine rings is 1. The van der Waals surface area contributed by atoms with Gasteiger partial charge in [0.25, 0.3) is 0 Å². The van der Waals surface area contributed by atoms with Gasteiger partial charge in [-0.05, 0) is 43.1 Å². The van der Waals surface area contributed by atoms with Crippen molar-refractivity contribution >= 4 is 58.1 Å². The van der Waals surface area contributed by atoms with Gasteiger partial charge in [0.1, 0.15) is 12.2 Å². The molecule has 0 unspecified atom stereocenters. The van der Waals surface area contributed by atoms with Crippen LogP contribution in [0, 0.1) is 0 Å². The van der Waals surface area contributed by atoms with Crippen molar-refractivity contribution < 1.29 is 4.57 Å². The SMILES string of the molecule is CP(C)(=O)c1c(Nc2nc(Cl)ncc2Cl)ccc2ncccc12. The molecule has 0 saturated heterocycles. The zero-order valence-corrected chi connectivity index (χ0v) is 14.8. The van der Waals surface area contributed by atoms with Crippen LogP contribution in [0.1, 0.15) is 0 Å². The lowest BCUT2D eigenvalue weighted by atomic mass is 10.2. The van der Waals surface area contributed by atoms with Gasteiger partial charge in [0.15, 0.2) is 5.82 Å². The third-order valence-corrected chi connectivity index (χ3v) is 5.28. The molecule has 1 N–H and O–H groups in total. The maximum Gasteiger partial charge on any atom is 0.224 e. The van der Waals surface area contributed by atoms with Crippen molar-refractivity contribution in [2.24, 2.45) is 0 Å². The van der Waals surface area contributed by atoms with Crippen LogP contribution in [0.2, 0.25) is 10.3 Å². The largest absolute Gasteiger partial charge is 0.338 e. The third kappa shape index (κ3) is 3.32. The average Bonchev–Trinajstić information content (AvgIpc) is 2.49. The van der Waals surface area contributed by atoms with Crippen LogP contribution >= 0.6 is 30.3 Å². The van der Waals surface area contributed by atoms with E-state index in [-0.39, 0.29) is 5.28 Å². The van der Waals surface area contributed by atoms with Crippen LogP contribution in [0.15, 0.2) is 36.7 Å². The van der Waals surface area contributed by atoms with Crippen molar-refractivity contribution in [1.29, 1.82) is 0 Å². The molecule has 0 aliphatic heterocycles. The Morgan fingerprint density at radius 2 is 1.91 bits per heavy atom. The summed E-state index contributed by atoms with van der Waals surface area (Å²) >= 11 is 11.9. The quantitative estimate of drug-likeness (QED) is 0.552. The molecule has 0 fully saturated rings. The lowest BCUT2D eigenvalue weighted by Crippen LogP contribution is -2.12. The van der Waals surface area contributed by atoms with E-state index >= 15 is 0 Å². The van der Waals surface area contributed by atoms with Gasteiger partial charge in [-0.2, -0.15) is 4.98 Å². The minimum absolute atomic E-state index is 0.0806. The smallest absolute Gasteiger partial charge is 0.224 e. The first-order valence-corrected chi connectivity index (χ1v) is 10.1. The zero-order valence-electron chi connectivity index (χ0n) is 12.4. The van der Waals surface area contributed by atoms with Gasteiger partial charge in [-0.15, -0.1) is 0 Å². The molecule has 0 amide bonds. The van der Waals surface area contributed by atoms with Gasteiger partial charge in [0.2, 0.25) is 5.28 Å². The molecule has 0 atom stereocenters. The molecule has 5 nitrogen and oxygen atoms in total. The molecule has 0 aliphatic rings. The van der Waals surface area contributed by atoms with Crippen LogP contribution in [0.4, 0.5) is 11.5 Å². The third-order valence-electron chi connectivity index (χ3n) is 3.26. The summed E-state index contributed by atoms with van der Waals surface area (Å²) in [6, 6.07) is 7.39. The first-order valence-electron chi connectivity index (χ1n) is 6.74. The number of benzene rings is 1. The molecule has 2 heterocycles. The Balaban J connectivity index is 2.21. The van der Waals surface area contributed by atoms with Crippen LogP contribution in [-0.2, 0) is 4.57 Å². The van der Waals surface area contributed by atoms with Crippen molar-refractivity contribution in [1.82, 2.24) is 15.0 Å². The van der Waals surface area contributed by atoms with E-state index in [9.17, 15) is 4.57 Å². The minimum Gasteiger partial charge on any atom is -0.338 e. The monoisotopic (exact) mass is 366 g/mol. The fourth-order valence-corrected chi connectivity index (χ4v) is 4.13. The highest BCUT2D eigenvalue weighted by molar-refractivity contribution is 7.71. The Bertz CT molecular complexity index is 942. The van der Waals surface area contributed by atoms with Crippen molar-refractivity contribution in [3.05, 3.63) is 47.0 Å². The molecule has 0 radical (unpaired) electrons. The molecule has 0 spiro atoms. The molecule has 2 aromatic heterocycles. The second-order valence-corrected chi connectivity index (χ2v) is 9.24. The van der Waals surface area contributed by atoms with Gasteiger partial charge in [-0.25, -0.2) is 4.98 Å². The molecule has 23 heavy (non-hydrogen) atoms. The Morgan fingerprint density at radius 1 is 1.13 bits per heavy atom. The second kappa shape index (κ2) is 6.08. The highest BCUT2D eigenvalue weighted by Gasteiger charge is 2.21. The number of rotatable bonds is 3. The van der Waals surface area contributed by atoms with E-state index in [0.29, 0.717) is 21.8 Å². The molecule has 3 rings (SSSR count). The summed E-state index contributed by atoms with van der Waals surface area (Å²) in [7, 11) is -2.59. The first-order chi connectivity index (χ1) is 10.9. The topological polar surface area (TPSA) is 67.8 Å². The Hall–Kier alpha value is -1.68. The number of fused-ring (bicyclic) bond motifs is 1. The summed E-state index contributed by atoms with van der Waals surface area (Å²) in [5, 5.41) is 5.06. The van der Waals surface area contributed by atoms with Gasteiger partial charge in [-0.3, -0.25) is 4.98 Å². The van der Waals surface area contributed by atoms with Gasteiger partial charge < -0.3 is 9.88 Å². The Labute approximate surface area is 143 Å². The van der Waals surface area contributed by atoms with E-state index in [0.717, 1.165) is 10.9 Å². The van der Waals surface area contributed by atoms with E-state index in [2.05, 4.69) is 20.3 Å². The van der Waals surface area contributed by atoms with Crippen molar-refractivity contribution in [3.63, 3.8) is 0 Å². The summed E-state index contributed by atoms with van der Waals surface area (Å²) in [5.41, 5.74) is 1.44. The molecule has 0 aliphatic carbocycles. The standard InChI is InChI=1S/C15H13Cl2N4OP/c1-23(2,22)13-9-4-3-7-18-11(9)5-6-12(13)20-14-10(16)8-19-15(17)21-14/h3-8H,1-2H3,(H,19,20,21). The maximum absolute atomic E-state index is 12.8. The fourth-order valence-electron chi connectivity index (χ4n) is 2.38. The number of aromatic nitrogens is 3. The van der Waals surface area contributed by atoms with E-state index in [1.165, 1.54) is 6.20 Å². The molecule has 1 aromatic carbocycles. The van der Waals surface area contributed by atoms with Crippen molar-refractivity contribution in [2.75, 3.05) is 18.6 Å². The average molecular weight is 367 g/mol. The highest BCUT2D eigenvalue weighted by atomic mass is 35.5. The Kier molecular flexibility index (Phi) is 4.28. The Morgan fingerprint density at radius 3 is 2.65 bits per heavy atom. The van der Waals surface area contributed by atoms with Crippen LogP contribution in [0.3, 0.4) is 0 Å². The summed E-state index contributed by atoms with van der Waals surface area (Å²) in [5.74, 6) is 0.365. The molecule has 0 saturated carbocycles. The van der Waals surface area contributed by atoms with Gasteiger partial charge >= 0.3 is 0 Å². The lowest BCUT2D eigenvalue weighted by Gasteiger charge is -2.17. The van der Waals surface area contributed by atoms with E-state index in [4.69, 9.17) is 23.2 Å². The zero-order chi connectivity index (χ0) is 16.6. The molecular weight excluding hydrogens is 354 g/mol. The number of halogens is 2. The molecule has 0 bridgehead atoms. The molecule has 8 heteroatoms. The highest BCUT2D eigenvalue weighted by Crippen LogP contribution is 2.41. The predicted octanol–water partition coefficient (Wildman–Crippen LogP) is 4.32. The van der Waals surface area contributed by atoms with Crippen molar-refractivity contribution in [2.45, 2.75) is 0 Å². The summed E-state index contributed by atoms with van der Waals surface area (Å²) in [6.07, 6.45) is 3.12. The van der Waals surface area contributed by atoms with Gasteiger partial charge in [0.05, 0.1) is 17.4 Å². The van der Waals surface area contributed by atoms with Crippen LogP contribution in [0.25, 0.3) is 10.9 Å². The summed E-state index contributed by atoms with van der Waals surface area (Å²) < 4.78 is 12.8. The molecule has 3 aromatic rings. The number of nitrogens with one attached hydrogen (secondary N) is 1. The van der Waals surface area contributed by atoms with E-state index in [1.807, 2.05) is 24.3 Å². The van der Waals surface area contributed by atoms with Crippen molar-refractivity contribution in [3.8, 4) is 0 Å². The minimum atomic E-state index is -2.59. The normalized spacial score (nSPS) is 11.7. The molecular formula is C15H13Cl2N4OP. The van der Waals surface area contributed by atoms with Crippen LogP contribution in [0.5, 0.6) is 0 Å². The van der Waals surface area contributed by atoms with E-state index in [1.54, 1.807) is 19.5 Å². The number of anilines is 2. The number of hydrogen-bond acceptors (Lipinski definition) is 5. The lowest BCUT2D eigenvalue weighted by molar-refractivity contribution is 0.588. The summed E-state index contributed by atoms with van der Waals surface area (Å²) in [4.78, 5) is 12.2. The van der Waals surface area contributed by atoms with Crippen LogP contribution < -0.4 is 10.6 Å². The summed E-state index contributed by atoms with van der Waals surface area (Å²) in [6.45, 7) is 3.43. The first kappa shape index (κ1) is 16.2. The fraction of sp³-hybridized carbons (Fsp3) is 0.133. The number of hydrogen-bond donors (Lipinski definition) is 1. The predicted molar refractivity (Wildman–Crippen MR) is 96.2 cm³/mol. The van der Waals surface area contributed by atoms with Gasteiger partial charge in [0, 0.05) is 16.9 Å². The molecule has 118 valence electrons.